The van der Waals surface area contributed by atoms with Gasteiger partial charge in [0.2, 0.25) is 10.0 Å². The summed E-state index contributed by atoms with van der Waals surface area (Å²) >= 11 is 0. The van der Waals surface area contributed by atoms with Gasteiger partial charge in [0.25, 0.3) is 6.43 Å². The Kier molecular flexibility index (Phi) is 3.22. The summed E-state index contributed by atoms with van der Waals surface area (Å²) in [6.07, 6.45) is -1.49. The minimum atomic E-state index is -3.97. The molecule has 18 heavy (non-hydrogen) atoms. The Balaban J connectivity index is 2.44. The number of benzene rings is 1. The molecule has 0 fully saturated rings. The number of H-pyrrole nitrogens is 1. The molecule has 1 heterocycles. The monoisotopic (exact) mass is 275 g/mol. The molecule has 0 bridgehead atoms. The van der Waals surface area contributed by atoms with Gasteiger partial charge in [-0.25, -0.2) is 21.9 Å². The van der Waals surface area contributed by atoms with E-state index in [1.165, 1.54) is 12.3 Å². The van der Waals surface area contributed by atoms with E-state index in [0.717, 1.165) is 0 Å². The van der Waals surface area contributed by atoms with Crippen LogP contribution >= 0.6 is 0 Å². The Hall–Kier alpha value is -1.67. The number of rotatable bonds is 4. The van der Waals surface area contributed by atoms with E-state index in [1.807, 2.05) is 4.72 Å². The number of nitrogens with two attached hydrogens (primary N) is 1. The van der Waals surface area contributed by atoms with E-state index < -0.39 is 23.0 Å². The molecule has 8 heteroatoms. The largest absolute Gasteiger partial charge is 0.399 e. The molecule has 0 saturated heterocycles. The van der Waals surface area contributed by atoms with Crippen LogP contribution in [0.4, 0.5) is 14.5 Å². The zero-order valence-electron chi connectivity index (χ0n) is 9.15. The minimum Gasteiger partial charge on any atom is -0.399 e. The number of anilines is 1. The number of aromatic amines is 1. The van der Waals surface area contributed by atoms with E-state index in [1.54, 1.807) is 12.1 Å². The van der Waals surface area contributed by atoms with Crippen molar-refractivity contribution >= 4 is 26.6 Å². The maximum absolute atomic E-state index is 12.0. The molecule has 0 radical (unpaired) electrons. The predicted octanol–water partition coefficient (Wildman–Crippen LogP) is 1.29. The molecule has 5 nitrogen and oxygen atoms in total. The number of halogens is 2. The third-order valence-electron chi connectivity index (χ3n) is 2.39. The fraction of sp³-hybridized carbons (Fsp3) is 0.200. The fourth-order valence-electron chi connectivity index (χ4n) is 1.59. The van der Waals surface area contributed by atoms with Gasteiger partial charge in [-0.2, -0.15) is 0 Å². The molecular formula is C10H11F2N3O2S. The Morgan fingerprint density at radius 1 is 1.39 bits per heavy atom. The highest BCUT2D eigenvalue weighted by Crippen LogP contribution is 2.24. The number of fused-ring (bicyclic) bond motifs is 1. The quantitative estimate of drug-likeness (QED) is 0.735. The van der Waals surface area contributed by atoms with E-state index in [9.17, 15) is 17.2 Å². The average molecular weight is 275 g/mol. The Morgan fingerprint density at radius 3 is 2.78 bits per heavy atom. The Morgan fingerprint density at radius 2 is 2.11 bits per heavy atom. The van der Waals surface area contributed by atoms with Crippen LogP contribution in [0.1, 0.15) is 0 Å². The molecule has 0 saturated carbocycles. The summed E-state index contributed by atoms with van der Waals surface area (Å²) in [5.41, 5.74) is 6.53. The topological polar surface area (TPSA) is 88.0 Å². The fourth-order valence-corrected chi connectivity index (χ4v) is 2.76. The zero-order chi connectivity index (χ0) is 13.3. The molecule has 1 aromatic carbocycles. The van der Waals surface area contributed by atoms with Crippen LogP contribution in [0.3, 0.4) is 0 Å². The van der Waals surface area contributed by atoms with Gasteiger partial charge in [0.1, 0.15) is 4.90 Å². The SMILES string of the molecule is Nc1ccc2[nH]cc(S(=O)(=O)NCC(F)F)c2c1. The van der Waals surface area contributed by atoms with E-state index in [-0.39, 0.29) is 4.90 Å². The van der Waals surface area contributed by atoms with E-state index in [2.05, 4.69) is 4.98 Å². The average Bonchev–Trinajstić information content (AvgIpc) is 2.70. The minimum absolute atomic E-state index is 0.0922. The Bertz CT molecular complexity index is 667. The molecule has 4 N–H and O–H groups in total. The number of nitrogen functional groups attached to an aromatic ring is 1. The molecule has 0 aliphatic heterocycles. The maximum atomic E-state index is 12.0. The van der Waals surface area contributed by atoms with Gasteiger partial charge < -0.3 is 10.7 Å². The van der Waals surface area contributed by atoms with Crippen molar-refractivity contribution in [1.29, 1.82) is 0 Å². The molecule has 2 rings (SSSR count). The van der Waals surface area contributed by atoms with Gasteiger partial charge in [-0.3, -0.25) is 0 Å². The van der Waals surface area contributed by atoms with Crippen LogP contribution in [0.2, 0.25) is 0 Å². The van der Waals surface area contributed by atoms with E-state index in [4.69, 9.17) is 5.73 Å². The zero-order valence-corrected chi connectivity index (χ0v) is 9.97. The van der Waals surface area contributed by atoms with Crippen LogP contribution in [-0.2, 0) is 10.0 Å². The highest BCUT2D eigenvalue weighted by molar-refractivity contribution is 7.89. The van der Waals surface area contributed by atoms with Crippen molar-refractivity contribution in [3.05, 3.63) is 24.4 Å². The first-order valence-electron chi connectivity index (χ1n) is 5.04. The van der Waals surface area contributed by atoms with E-state index in [0.29, 0.717) is 16.6 Å². The molecule has 0 aliphatic rings. The highest BCUT2D eigenvalue weighted by Gasteiger charge is 2.20. The summed E-state index contributed by atoms with van der Waals surface area (Å²) in [6, 6.07) is 4.71. The summed E-state index contributed by atoms with van der Waals surface area (Å²) in [4.78, 5) is 2.65. The number of nitrogens with one attached hydrogen (secondary N) is 2. The summed E-state index contributed by atoms with van der Waals surface area (Å²) in [6.45, 7) is -0.919. The maximum Gasteiger partial charge on any atom is 0.251 e. The van der Waals surface area contributed by atoms with Crippen molar-refractivity contribution in [3.63, 3.8) is 0 Å². The molecule has 0 atom stereocenters. The second-order valence-corrected chi connectivity index (χ2v) is 5.44. The van der Waals surface area contributed by atoms with Crippen LogP contribution in [-0.4, -0.2) is 26.4 Å². The molecule has 1 aromatic heterocycles. The second-order valence-electron chi connectivity index (χ2n) is 3.70. The molecule has 2 aromatic rings. The first-order valence-corrected chi connectivity index (χ1v) is 6.53. The summed E-state index contributed by atoms with van der Waals surface area (Å²) < 4.78 is 49.5. The lowest BCUT2D eigenvalue weighted by Gasteiger charge is -2.05. The number of hydrogen-bond donors (Lipinski definition) is 3. The summed E-state index contributed by atoms with van der Waals surface area (Å²) in [5, 5.41) is 0.372. The van der Waals surface area contributed by atoms with E-state index >= 15 is 0 Å². The van der Waals surface area contributed by atoms with Crippen molar-refractivity contribution in [1.82, 2.24) is 9.71 Å². The van der Waals surface area contributed by atoms with Crippen molar-refractivity contribution in [2.45, 2.75) is 11.3 Å². The van der Waals surface area contributed by atoms with Gasteiger partial charge in [0, 0.05) is 22.8 Å². The summed E-state index contributed by atoms with van der Waals surface area (Å²) in [5.74, 6) is 0. The molecule has 0 spiro atoms. The molecule has 0 aliphatic carbocycles. The van der Waals surface area contributed by atoms with Gasteiger partial charge in [-0.1, -0.05) is 0 Å². The number of aromatic nitrogens is 1. The Labute approximate surface area is 102 Å². The lowest BCUT2D eigenvalue weighted by Crippen LogP contribution is -2.28. The first-order chi connectivity index (χ1) is 8.40. The number of sulfonamides is 1. The van der Waals surface area contributed by atoms with Crippen molar-refractivity contribution in [2.75, 3.05) is 12.3 Å². The number of hydrogen-bond acceptors (Lipinski definition) is 3. The van der Waals surface area contributed by atoms with Gasteiger partial charge in [0.05, 0.1) is 6.54 Å². The standard InChI is InChI=1S/C10H11F2N3O2S/c11-10(12)5-15-18(16,17)9-4-14-8-2-1-6(13)3-7(8)9/h1-4,10,14-15H,5,13H2. The summed E-state index contributed by atoms with van der Waals surface area (Å²) in [7, 11) is -3.97. The van der Waals surface area contributed by atoms with Crippen LogP contribution < -0.4 is 10.5 Å². The molecule has 0 amide bonds. The lowest BCUT2D eigenvalue weighted by molar-refractivity contribution is 0.153. The third kappa shape index (κ3) is 2.44. The van der Waals surface area contributed by atoms with Crippen LogP contribution in [0.25, 0.3) is 10.9 Å². The molecule has 98 valence electrons. The van der Waals surface area contributed by atoms with Crippen molar-refractivity contribution in [2.24, 2.45) is 0 Å². The molecule has 0 unspecified atom stereocenters. The van der Waals surface area contributed by atoms with Gasteiger partial charge in [-0.15, -0.1) is 0 Å². The third-order valence-corrected chi connectivity index (χ3v) is 3.85. The van der Waals surface area contributed by atoms with Crippen molar-refractivity contribution < 1.29 is 17.2 Å². The smallest absolute Gasteiger partial charge is 0.251 e. The normalized spacial score (nSPS) is 12.4. The van der Waals surface area contributed by atoms with Crippen LogP contribution in [0.5, 0.6) is 0 Å². The van der Waals surface area contributed by atoms with Crippen LogP contribution in [0.15, 0.2) is 29.3 Å². The van der Waals surface area contributed by atoms with Gasteiger partial charge in [0.15, 0.2) is 0 Å². The predicted molar refractivity (Wildman–Crippen MR) is 63.9 cm³/mol. The highest BCUT2D eigenvalue weighted by atomic mass is 32.2. The molecular weight excluding hydrogens is 264 g/mol. The first kappa shape index (κ1) is 12.8. The van der Waals surface area contributed by atoms with Gasteiger partial charge in [-0.05, 0) is 18.2 Å². The van der Waals surface area contributed by atoms with Crippen molar-refractivity contribution in [3.8, 4) is 0 Å². The van der Waals surface area contributed by atoms with Gasteiger partial charge >= 0.3 is 0 Å². The lowest BCUT2D eigenvalue weighted by atomic mass is 10.2. The number of alkyl halides is 2. The van der Waals surface area contributed by atoms with Crippen LogP contribution in [0, 0.1) is 0 Å². The second kappa shape index (κ2) is 4.54.